The summed E-state index contributed by atoms with van der Waals surface area (Å²) >= 11 is 0. The highest BCUT2D eigenvalue weighted by Crippen LogP contribution is 2.48. The third-order valence-corrected chi connectivity index (χ3v) is 11.8. The van der Waals surface area contributed by atoms with Crippen LogP contribution in [-0.4, -0.2) is 4.57 Å². The molecule has 276 valence electrons. The molecule has 0 saturated heterocycles. The van der Waals surface area contributed by atoms with E-state index in [0.717, 1.165) is 12.1 Å². The topological polar surface area (TPSA) is 4.93 Å². The lowest BCUT2D eigenvalue weighted by Gasteiger charge is -2.22. The van der Waals surface area contributed by atoms with Crippen LogP contribution >= 0.6 is 0 Å². The molecule has 1 heteroatoms. The predicted molar refractivity (Wildman–Crippen MR) is 251 cm³/mol. The van der Waals surface area contributed by atoms with Gasteiger partial charge in [-0.1, -0.05) is 182 Å². The molecule has 0 radical (unpaired) electrons. The highest BCUT2D eigenvalue weighted by molar-refractivity contribution is 6.23. The van der Waals surface area contributed by atoms with Crippen LogP contribution in [0.5, 0.6) is 0 Å². The summed E-state index contributed by atoms with van der Waals surface area (Å²) < 4.78 is 2.39. The molecule has 0 atom stereocenters. The summed E-state index contributed by atoms with van der Waals surface area (Å²) in [5.41, 5.74) is 16.0. The van der Waals surface area contributed by atoms with E-state index in [2.05, 4.69) is 231 Å². The number of allylic oxidation sites excluding steroid dienone is 4. The Hall–Kier alpha value is -7.22. The highest BCUT2D eigenvalue weighted by atomic mass is 15.0. The SMILES string of the molecule is C/C=C\C/C(=C\C)c1ccccc1-c1c2ccccc2c(-c2ccccc2-c2ccccc2)c2ccc(-c3ccc(-n4c5ccccc5c5ccccc54)cc3)cc12. The van der Waals surface area contributed by atoms with Gasteiger partial charge in [0, 0.05) is 16.5 Å². The Labute approximate surface area is 340 Å². The maximum atomic E-state index is 2.44. The van der Waals surface area contributed by atoms with Gasteiger partial charge in [0.15, 0.2) is 0 Å². The van der Waals surface area contributed by atoms with Crippen molar-refractivity contribution >= 4 is 48.9 Å². The summed E-state index contributed by atoms with van der Waals surface area (Å²) in [6.45, 7) is 4.26. The molecule has 10 rings (SSSR count). The van der Waals surface area contributed by atoms with Gasteiger partial charge in [-0.05, 0) is 128 Å². The summed E-state index contributed by atoms with van der Waals surface area (Å²) in [5.74, 6) is 0. The Bertz CT molecular complexity index is 3140. The molecule has 0 aliphatic heterocycles. The van der Waals surface area contributed by atoms with Crippen molar-refractivity contribution in [1.82, 2.24) is 4.57 Å². The van der Waals surface area contributed by atoms with Crippen LogP contribution in [0.4, 0.5) is 0 Å². The average Bonchev–Trinajstić information content (AvgIpc) is 3.63. The number of para-hydroxylation sites is 2. The first-order chi connectivity index (χ1) is 28.7. The zero-order chi connectivity index (χ0) is 39.0. The molecule has 0 aliphatic rings. The fourth-order valence-electron chi connectivity index (χ4n) is 9.12. The van der Waals surface area contributed by atoms with E-state index in [9.17, 15) is 0 Å². The first kappa shape index (κ1) is 35.2. The molecule has 0 bridgehead atoms. The van der Waals surface area contributed by atoms with Gasteiger partial charge in [-0.3, -0.25) is 0 Å². The number of hydrogen-bond donors (Lipinski definition) is 0. The van der Waals surface area contributed by atoms with Crippen LogP contribution in [0.15, 0.2) is 212 Å². The van der Waals surface area contributed by atoms with Crippen molar-refractivity contribution < 1.29 is 0 Å². The van der Waals surface area contributed by atoms with Crippen molar-refractivity contribution in [3.8, 4) is 50.2 Å². The van der Waals surface area contributed by atoms with Gasteiger partial charge in [0.05, 0.1) is 11.0 Å². The van der Waals surface area contributed by atoms with Gasteiger partial charge < -0.3 is 4.57 Å². The van der Waals surface area contributed by atoms with Crippen LogP contribution in [0.25, 0.3) is 99.1 Å². The monoisotopic (exact) mass is 741 g/mol. The normalized spacial score (nSPS) is 12.1. The molecular formula is C57H43N. The number of benzene rings is 9. The minimum absolute atomic E-state index is 0.881. The van der Waals surface area contributed by atoms with Crippen molar-refractivity contribution in [3.63, 3.8) is 0 Å². The van der Waals surface area contributed by atoms with Gasteiger partial charge in [-0.25, -0.2) is 0 Å². The van der Waals surface area contributed by atoms with Gasteiger partial charge >= 0.3 is 0 Å². The zero-order valence-electron chi connectivity index (χ0n) is 32.9. The van der Waals surface area contributed by atoms with Gasteiger partial charge in [-0.15, -0.1) is 0 Å². The zero-order valence-corrected chi connectivity index (χ0v) is 32.9. The van der Waals surface area contributed by atoms with Gasteiger partial charge in [0.1, 0.15) is 0 Å². The molecule has 0 spiro atoms. The summed E-state index contributed by atoms with van der Waals surface area (Å²) in [6.07, 6.45) is 7.56. The van der Waals surface area contributed by atoms with E-state index in [0.29, 0.717) is 0 Å². The first-order valence-electron chi connectivity index (χ1n) is 20.3. The molecule has 9 aromatic carbocycles. The summed E-state index contributed by atoms with van der Waals surface area (Å²) in [4.78, 5) is 0. The molecule has 0 aliphatic carbocycles. The second-order valence-electron chi connectivity index (χ2n) is 15.0. The van der Waals surface area contributed by atoms with Crippen LogP contribution in [0.1, 0.15) is 25.8 Å². The number of hydrogen-bond acceptors (Lipinski definition) is 0. The van der Waals surface area contributed by atoms with Gasteiger partial charge in [0.25, 0.3) is 0 Å². The van der Waals surface area contributed by atoms with Crippen molar-refractivity contribution in [2.24, 2.45) is 0 Å². The lowest BCUT2D eigenvalue weighted by Crippen LogP contribution is -1.96. The predicted octanol–water partition coefficient (Wildman–Crippen LogP) is 16.1. The Morgan fingerprint density at radius 2 is 0.931 bits per heavy atom. The van der Waals surface area contributed by atoms with Crippen LogP contribution in [-0.2, 0) is 0 Å². The maximum absolute atomic E-state index is 2.44. The fraction of sp³-hybridized carbons (Fsp3) is 0.0526. The molecule has 1 heterocycles. The third-order valence-electron chi connectivity index (χ3n) is 11.8. The molecule has 10 aromatic rings. The van der Waals surface area contributed by atoms with Crippen molar-refractivity contribution in [1.29, 1.82) is 0 Å². The van der Waals surface area contributed by atoms with Crippen molar-refractivity contribution in [2.45, 2.75) is 20.3 Å². The second kappa shape index (κ2) is 15.0. The molecule has 0 saturated carbocycles. The summed E-state index contributed by atoms with van der Waals surface area (Å²) in [5, 5.41) is 7.53. The lowest BCUT2D eigenvalue weighted by atomic mass is 9.81. The number of fused-ring (bicyclic) bond motifs is 5. The Morgan fingerprint density at radius 3 is 1.59 bits per heavy atom. The third kappa shape index (κ3) is 5.95. The van der Waals surface area contributed by atoms with Crippen LogP contribution < -0.4 is 0 Å². The van der Waals surface area contributed by atoms with Crippen LogP contribution in [0.3, 0.4) is 0 Å². The Morgan fingerprint density at radius 1 is 0.414 bits per heavy atom. The molecule has 1 aromatic heterocycles. The Kier molecular flexibility index (Phi) is 9.12. The molecule has 0 fully saturated rings. The Balaban J connectivity index is 1.23. The van der Waals surface area contributed by atoms with E-state index in [1.807, 2.05) is 0 Å². The lowest BCUT2D eigenvalue weighted by molar-refractivity contribution is 1.18. The van der Waals surface area contributed by atoms with Crippen LogP contribution in [0, 0.1) is 0 Å². The van der Waals surface area contributed by atoms with Gasteiger partial charge in [-0.2, -0.15) is 0 Å². The number of rotatable bonds is 8. The molecule has 1 nitrogen and oxygen atoms in total. The number of aromatic nitrogens is 1. The molecule has 0 N–H and O–H groups in total. The molecule has 0 unspecified atom stereocenters. The van der Waals surface area contributed by atoms with E-state index in [1.54, 1.807) is 0 Å². The maximum Gasteiger partial charge on any atom is 0.0541 e. The second-order valence-corrected chi connectivity index (χ2v) is 15.0. The minimum atomic E-state index is 0.881. The largest absolute Gasteiger partial charge is 0.309 e. The summed E-state index contributed by atoms with van der Waals surface area (Å²) in [7, 11) is 0. The molecular weight excluding hydrogens is 699 g/mol. The van der Waals surface area contributed by atoms with Gasteiger partial charge in [0.2, 0.25) is 0 Å². The molecule has 58 heavy (non-hydrogen) atoms. The van der Waals surface area contributed by atoms with E-state index in [4.69, 9.17) is 0 Å². The number of nitrogens with zero attached hydrogens (tertiary/aromatic N) is 1. The smallest absolute Gasteiger partial charge is 0.0541 e. The van der Waals surface area contributed by atoms with Crippen molar-refractivity contribution in [3.05, 3.63) is 218 Å². The van der Waals surface area contributed by atoms with E-state index < -0.39 is 0 Å². The van der Waals surface area contributed by atoms with E-state index in [1.165, 1.54) is 99.0 Å². The highest BCUT2D eigenvalue weighted by Gasteiger charge is 2.21. The quantitative estimate of drug-likeness (QED) is 0.108. The average molecular weight is 742 g/mol. The first-order valence-corrected chi connectivity index (χ1v) is 20.3. The molecule has 0 amide bonds. The minimum Gasteiger partial charge on any atom is -0.309 e. The van der Waals surface area contributed by atoms with E-state index in [-0.39, 0.29) is 0 Å². The van der Waals surface area contributed by atoms with Crippen molar-refractivity contribution in [2.75, 3.05) is 0 Å². The van der Waals surface area contributed by atoms with E-state index >= 15 is 0 Å². The van der Waals surface area contributed by atoms with Crippen LogP contribution in [0.2, 0.25) is 0 Å². The fourth-order valence-corrected chi connectivity index (χ4v) is 9.12. The standard InChI is InChI=1S/C57H43N/c1-3-5-19-39(4-2)44-22-9-11-26-48(44)57-51-29-14-13-28-50(51)56(49-27-12-10-23-45(49)41-20-7-6-8-21-41)52-37-34-42(38-53(52)57)40-32-35-43(36-33-40)58-54-30-17-15-24-46(54)47-25-16-18-31-55(47)58/h3-18,20-38H,19H2,1-2H3/b5-3-,39-4+. The summed E-state index contributed by atoms with van der Waals surface area (Å²) in [6, 6.07) is 71.4.